The molecule has 1 N–H and O–H groups in total. The van der Waals surface area contributed by atoms with Crippen LogP contribution in [0, 0.1) is 0 Å². The molecule has 0 spiro atoms. The van der Waals surface area contributed by atoms with Crippen molar-refractivity contribution in [3.05, 3.63) is 10.6 Å². The first-order chi connectivity index (χ1) is 9.15. The molecule has 2 heterocycles. The second kappa shape index (κ2) is 6.68. The number of hydrogen-bond donors (Lipinski definition) is 1. The molecule has 1 aliphatic heterocycles. The Hall–Kier alpha value is -0.650. The number of rotatable bonds is 6. The Morgan fingerprint density at radius 2 is 2.26 bits per heavy atom. The smallest absolute Gasteiger partial charge is 0.185 e. The van der Waals surface area contributed by atoms with Crippen LogP contribution < -0.4 is 10.2 Å². The summed E-state index contributed by atoms with van der Waals surface area (Å²) in [6.07, 6.45) is 3.51. The molecule has 1 saturated heterocycles. The van der Waals surface area contributed by atoms with Crippen molar-refractivity contribution in [1.82, 2.24) is 15.2 Å². The van der Waals surface area contributed by atoms with E-state index in [0.29, 0.717) is 6.04 Å². The van der Waals surface area contributed by atoms with Crippen LogP contribution in [0.3, 0.4) is 0 Å². The van der Waals surface area contributed by atoms with Gasteiger partial charge in [0.25, 0.3) is 0 Å². The Kier molecular flexibility index (Phi) is 5.19. The second-order valence-corrected chi connectivity index (χ2v) is 6.56. The quantitative estimate of drug-likeness (QED) is 0.864. The van der Waals surface area contributed by atoms with Crippen molar-refractivity contribution in [3.63, 3.8) is 0 Å². The molecule has 5 heteroatoms. The summed E-state index contributed by atoms with van der Waals surface area (Å²) in [6, 6.07) is 0.672. The van der Waals surface area contributed by atoms with Gasteiger partial charge < -0.3 is 15.1 Å². The minimum absolute atomic E-state index is 0.672. The first kappa shape index (κ1) is 14.8. The summed E-state index contributed by atoms with van der Waals surface area (Å²) >= 11 is 1.87. The van der Waals surface area contributed by atoms with Crippen molar-refractivity contribution < 1.29 is 0 Å². The fourth-order valence-electron chi connectivity index (χ4n) is 2.57. The van der Waals surface area contributed by atoms with Crippen LogP contribution in [-0.2, 0) is 13.0 Å². The minimum atomic E-state index is 0.672. The Morgan fingerprint density at radius 3 is 2.84 bits per heavy atom. The highest BCUT2D eigenvalue weighted by atomic mass is 32.1. The van der Waals surface area contributed by atoms with Crippen LogP contribution in [0.5, 0.6) is 0 Å². The van der Waals surface area contributed by atoms with E-state index < -0.39 is 0 Å². The van der Waals surface area contributed by atoms with Crippen molar-refractivity contribution in [2.24, 2.45) is 0 Å². The maximum Gasteiger partial charge on any atom is 0.185 e. The molecule has 2 rings (SSSR count). The highest BCUT2D eigenvalue weighted by Crippen LogP contribution is 2.30. The molecule has 1 atom stereocenters. The Labute approximate surface area is 120 Å². The van der Waals surface area contributed by atoms with E-state index >= 15 is 0 Å². The summed E-state index contributed by atoms with van der Waals surface area (Å²) < 4.78 is 0. The molecule has 1 aromatic rings. The topological polar surface area (TPSA) is 31.4 Å². The van der Waals surface area contributed by atoms with Crippen LogP contribution in [0.1, 0.15) is 30.3 Å². The third-order valence-corrected chi connectivity index (χ3v) is 4.91. The molecule has 0 aromatic carbocycles. The fourth-order valence-corrected chi connectivity index (χ4v) is 3.73. The standard InChI is InChI=1S/C14H26N4S/c1-5-6-12-13(9-15-2)19-14(16-12)18-8-7-11(10-18)17(3)4/h11,15H,5-10H2,1-4H3. The van der Waals surface area contributed by atoms with Gasteiger partial charge in [0, 0.05) is 30.6 Å². The number of nitrogens with zero attached hydrogens (tertiary/aromatic N) is 3. The van der Waals surface area contributed by atoms with Crippen molar-refractivity contribution in [2.45, 2.75) is 38.8 Å². The SMILES string of the molecule is CCCc1nc(N2CCC(N(C)C)C2)sc1CNC. The molecule has 19 heavy (non-hydrogen) atoms. The number of anilines is 1. The molecule has 0 aliphatic carbocycles. The van der Waals surface area contributed by atoms with E-state index in [4.69, 9.17) is 4.98 Å². The fraction of sp³-hybridized carbons (Fsp3) is 0.786. The lowest BCUT2D eigenvalue weighted by molar-refractivity contribution is 0.315. The summed E-state index contributed by atoms with van der Waals surface area (Å²) in [5, 5.41) is 4.48. The van der Waals surface area contributed by atoms with Gasteiger partial charge in [-0.05, 0) is 34.0 Å². The third-order valence-electron chi connectivity index (χ3n) is 3.76. The molecule has 1 unspecified atom stereocenters. The van der Waals surface area contributed by atoms with Gasteiger partial charge in [0.2, 0.25) is 0 Å². The van der Waals surface area contributed by atoms with Gasteiger partial charge in [0.05, 0.1) is 5.69 Å². The van der Waals surface area contributed by atoms with E-state index in [-0.39, 0.29) is 0 Å². The predicted molar refractivity (Wildman–Crippen MR) is 83.2 cm³/mol. The normalized spacial score (nSPS) is 19.6. The van der Waals surface area contributed by atoms with Gasteiger partial charge in [-0.1, -0.05) is 13.3 Å². The first-order valence-electron chi connectivity index (χ1n) is 7.20. The van der Waals surface area contributed by atoms with E-state index in [1.807, 2.05) is 18.4 Å². The molecule has 1 aliphatic rings. The van der Waals surface area contributed by atoms with Crippen molar-refractivity contribution in [3.8, 4) is 0 Å². The Morgan fingerprint density at radius 1 is 1.47 bits per heavy atom. The molecule has 108 valence electrons. The molecule has 1 fully saturated rings. The van der Waals surface area contributed by atoms with Crippen LogP contribution in [0.15, 0.2) is 0 Å². The number of likely N-dealkylation sites (N-methyl/N-ethyl adjacent to an activating group) is 1. The Bertz CT molecular complexity index is 379. The average Bonchev–Trinajstić information content (AvgIpc) is 2.97. The van der Waals surface area contributed by atoms with Crippen LogP contribution in [0.25, 0.3) is 0 Å². The number of aromatic nitrogens is 1. The van der Waals surface area contributed by atoms with Crippen molar-refractivity contribution in [2.75, 3.05) is 39.1 Å². The van der Waals surface area contributed by atoms with Crippen molar-refractivity contribution in [1.29, 1.82) is 0 Å². The lowest BCUT2D eigenvalue weighted by Crippen LogP contribution is -2.31. The predicted octanol–water partition coefficient (Wildman–Crippen LogP) is 1.96. The maximum absolute atomic E-state index is 4.88. The maximum atomic E-state index is 4.88. The highest BCUT2D eigenvalue weighted by molar-refractivity contribution is 7.15. The largest absolute Gasteiger partial charge is 0.346 e. The van der Waals surface area contributed by atoms with Gasteiger partial charge >= 0.3 is 0 Å². The number of aryl methyl sites for hydroxylation is 1. The van der Waals surface area contributed by atoms with E-state index in [2.05, 4.69) is 36.1 Å². The minimum Gasteiger partial charge on any atom is -0.346 e. The van der Waals surface area contributed by atoms with Gasteiger partial charge in [-0.15, -0.1) is 11.3 Å². The number of hydrogen-bond acceptors (Lipinski definition) is 5. The van der Waals surface area contributed by atoms with Crippen LogP contribution in [0.2, 0.25) is 0 Å². The van der Waals surface area contributed by atoms with Crippen LogP contribution >= 0.6 is 11.3 Å². The molecule has 0 bridgehead atoms. The van der Waals surface area contributed by atoms with Gasteiger partial charge in [-0.3, -0.25) is 0 Å². The molecule has 1 aromatic heterocycles. The zero-order valence-corrected chi connectivity index (χ0v) is 13.4. The van der Waals surface area contributed by atoms with Crippen LogP contribution in [-0.4, -0.2) is 50.2 Å². The second-order valence-electron chi connectivity index (χ2n) is 5.50. The van der Waals surface area contributed by atoms with E-state index in [1.54, 1.807) is 0 Å². The molecule has 0 saturated carbocycles. The summed E-state index contributed by atoms with van der Waals surface area (Å²) in [4.78, 5) is 11.1. The van der Waals surface area contributed by atoms with Gasteiger partial charge in [-0.2, -0.15) is 0 Å². The number of nitrogens with one attached hydrogen (secondary N) is 1. The van der Waals surface area contributed by atoms with E-state index in [1.165, 1.54) is 28.5 Å². The number of thiazole rings is 1. The monoisotopic (exact) mass is 282 g/mol. The lowest BCUT2D eigenvalue weighted by atomic mass is 10.2. The van der Waals surface area contributed by atoms with Crippen LogP contribution in [0.4, 0.5) is 5.13 Å². The summed E-state index contributed by atoms with van der Waals surface area (Å²) in [6.45, 7) is 5.42. The Balaban J connectivity index is 2.10. The molecular weight excluding hydrogens is 256 g/mol. The summed E-state index contributed by atoms with van der Waals surface area (Å²) in [5.74, 6) is 0. The zero-order valence-electron chi connectivity index (χ0n) is 12.6. The van der Waals surface area contributed by atoms with Gasteiger partial charge in [0.15, 0.2) is 5.13 Å². The summed E-state index contributed by atoms with van der Waals surface area (Å²) in [7, 11) is 6.35. The highest BCUT2D eigenvalue weighted by Gasteiger charge is 2.26. The average molecular weight is 282 g/mol. The molecule has 0 radical (unpaired) electrons. The van der Waals surface area contributed by atoms with Crippen molar-refractivity contribution >= 4 is 16.5 Å². The molecule has 4 nitrogen and oxygen atoms in total. The molecular formula is C14H26N4S. The lowest BCUT2D eigenvalue weighted by Gasteiger charge is -2.19. The molecule has 0 amide bonds. The van der Waals surface area contributed by atoms with Gasteiger partial charge in [0.1, 0.15) is 0 Å². The van der Waals surface area contributed by atoms with Gasteiger partial charge in [-0.25, -0.2) is 4.98 Å². The van der Waals surface area contributed by atoms with E-state index in [9.17, 15) is 0 Å². The van der Waals surface area contributed by atoms with E-state index in [0.717, 1.165) is 26.1 Å². The first-order valence-corrected chi connectivity index (χ1v) is 8.01. The third kappa shape index (κ3) is 3.46. The summed E-state index contributed by atoms with van der Waals surface area (Å²) in [5.41, 5.74) is 1.30. The zero-order chi connectivity index (χ0) is 13.8.